The minimum absolute atomic E-state index is 0.0692. The molecule has 2 aliphatic heterocycles. The van der Waals surface area contributed by atoms with E-state index in [-0.39, 0.29) is 12.0 Å². The second kappa shape index (κ2) is 5.88. The number of fused-ring (bicyclic) bond motifs is 2. The summed E-state index contributed by atoms with van der Waals surface area (Å²) in [6, 6.07) is 16.7. The number of methoxy groups -OCH3 is 1. The first-order valence-corrected chi connectivity index (χ1v) is 9.56. The van der Waals surface area contributed by atoms with E-state index in [1.807, 2.05) is 18.2 Å². The van der Waals surface area contributed by atoms with Gasteiger partial charge in [-0.05, 0) is 41.6 Å². The molecule has 5 heteroatoms. The molecule has 0 saturated heterocycles. The molecule has 130 valence electrons. The van der Waals surface area contributed by atoms with Crippen molar-refractivity contribution in [3.63, 3.8) is 0 Å². The number of thiophene rings is 1. The Bertz CT molecular complexity index is 997. The summed E-state index contributed by atoms with van der Waals surface area (Å²) >= 11 is 1.75. The quantitative estimate of drug-likeness (QED) is 0.669. The fourth-order valence-electron chi connectivity index (χ4n) is 4.01. The maximum atomic E-state index is 12.0. The predicted octanol–water partition coefficient (Wildman–Crippen LogP) is 4.74. The Labute approximate surface area is 156 Å². The number of ether oxygens (including phenoxy) is 1. The molecule has 1 N–H and O–H groups in total. The highest BCUT2D eigenvalue weighted by Crippen LogP contribution is 2.48. The summed E-state index contributed by atoms with van der Waals surface area (Å²) in [6.45, 7) is 0.954. The summed E-state index contributed by atoms with van der Waals surface area (Å²) in [5, 5.41) is 5.80. The van der Waals surface area contributed by atoms with Crippen LogP contribution in [0.25, 0.3) is 0 Å². The van der Waals surface area contributed by atoms with Crippen LogP contribution in [-0.2, 0) is 11.2 Å². The van der Waals surface area contributed by atoms with Crippen molar-refractivity contribution >= 4 is 34.4 Å². The number of benzene rings is 2. The Balaban J connectivity index is 1.73. The third kappa shape index (κ3) is 2.24. The Hall–Kier alpha value is -2.79. The van der Waals surface area contributed by atoms with E-state index in [0.717, 1.165) is 24.3 Å². The lowest BCUT2D eigenvalue weighted by Crippen LogP contribution is -2.14. The van der Waals surface area contributed by atoms with Crippen molar-refractivity contribution in [3.8, 4) is 0 Å². The minimum Gasteiger partial charge on any atom is -0.465 e. The minimum atomic E-state index is -0.314. The van der Waals surface area contributed by atoms with Crippen molar-refractivity contribution in [3.05, 3.63) is 75.5 Å². The maximum Gasteiger partial charge on any atom is 0.337 e. The van der Waals surface area contributed by atoms with E-state index in [0.29, 0.717) is 5.56 Å². The molecule has 5 rings (SSSR count). The molecule has 3 aromatic rings. The van der Waals surface area contributed by atoms with Crippen LogP contribution < -0.4 is 10.2 Å². The molecule has 3 heterocycles. The molecule has 0 fully saturated rings. The second-order valence-electron chi connectivity index (χ2n) is 6.57. The zero-order valence-electron chi connectivity index (χ0n) is 14.4. The van der Waals surface area contributed by atoms with Gasteiger partial charge >= 0.3 is 5.97 Å². The number of nitrogens with zero attached hydrogens (tertiary/aromatic N) is 1. The standard InChI is InChI=1S/C21H18N2O2S/c1-25-21(24)14-7-8-17-16(12-14)22-19(18-6-3-11-26-18)15-5-2-4-13-9-10-23(17)20(13)15/h2-8,11-12,19,22H,9-10H2,1H3. The number of carbonyl (C=O) groups excluding carboxylic acids is 1. The van der Waals surface area contributed by atoms with Gasteiger partial charge in [0, 0.05) is 17.0 Å². The van der Waals surface area contributed by atoms with Crippen LogP contribution >= 0.6 is 11.3 Å². The number of hydrogen-bond donors (Lipinski definition) is 1. The lowest BCUT2D eigenvalue weighted by atomic mass is 10.00. The van der Waals surface area contributed by atoms with E-state index < -0.39 is 0 Å². The van der Waals surface area contributed by atoms with Gasteiger partial charge in [0.05, 0.1) is 35.8 Å². The van der Waals surface area contributed by atoms with Crippen LogP contribution in [0, 0.1) is 0 Å². The fraction of sp³-hybridized carbons (Fsp3) is 0.190. The number of para-hydroxylation sites is 1. The predicted molar refractivity (Wildman–Crippen MR) is 105 cm³/mol. The Kier molecular flexibility index (Phi) is 3.50. The molecular formula is C21H18N2O2S. The van der Waals surface area contributed by atoms with Gasteiger partial charge in [-0.25, -0.2) is 4.79 Å². The van der Waals surface area contributed by atoms with Crippen LogP contribution in [0.15, 0.2) is 53.9 Å². The highest BCUT2D eigenvalue weighted by atomic mass is 32.1. The SMILES string of the molecule is COC(=O)c1ccc2c(c1)NC(c1cccs1)c1cccc3c1N2CC3. The number of esters is 1. The number of carbonyl (C=O) groups is 1. The topological polar surface area (TPSA) is 41.6 Å². The molecule has 1 atom stereocenters. The summed E-state index contributed by atoms with van der Waals surface area (Å²) in [4.78, 5) is 15.7. The van der Waals surface area contributed by atoms with Gasteiger partial charge in [-0.2, -0.15) is 0 Å². The van der Waals surface area contributed by atoms with E-state index in [9.17, 15) is 4.79 Å². The first-order chi connectivity index (χ1) is 12.8. The highest BCUT2D eigenvalue weighted by Gasteiger charge is 2.33. The van der Waals surface area contributed by atoms with Gasteiger partial charge in [0.25, 0.3) is 0 Å². The lowest BCUT2D eigenvalue weighted by molar-refractivity contribution is 0.0601. The molecule has 0 bridgehead atoms. The molecule has 1 unspecified atom stereocenters. The molecule has 2 aliphatic rings. The summed E-state index contributed by atoms with van der Waals surface area (Å²) in [7, 11) is 1.42. The number of anilines is 3. The van der Waals surface area contributed by atoms with E-state index >= 15 is 0 Å². The van der Waals surface area contributed by atoms with Gasteiger partial charge in [-0.3, -0.25) is 0 Å². The van der Waals surface area contributed by atoms with Gasteiger partial charge in [-0.1, -0.05) is 24.3 Å². The number of rotatable bonds is 2. The van der Waals surface area contributed by atoms with E-state index in [4.69, 9.17) is 4.74 Å². The van der Waals surface area contributed by atoms with Crippen molar-refractivity contribution in [2.75, 3.05) is 23.9 Å². The first-order valence-electron chi connectivity index (χ1n) is 8.68. The summed E-state index contributed by atoms with van der Waals surface area (Å²) in [6.07, 6.45) is 1.04. The molecule has 1 aromatic heterocycles. The molecular weight excluding hydrogens is 344 g/mol. The van der Waals surface area contributed by atoms with E-state index in [2.05, 4.69) is 45.9 Å². The van der Waals surface area contributed by atoms with Gasteiger partial charge in [0.1, 0.15) is 0 Å². The Morgan fingerprint density at radius 2 is 2.15 bits per heavy atom. The van der Waals surface area contributed by atoms with Crippen molar-refractivity contribution in [1.29, 1.82) is 0 Å². The van der Waals surface area contributed by atoms with Crippen LogP contribution in [0.2, 0.25) is 0 Å². The highest BCUT2D eigenvalue weighted by molar-refractivity contribution is 7.10. The molecule has 0 spiro atoms. The lowest BCUT2D eigenvalue weighted by Gasteiger charge is -2.21. The normalized spacial score (nSPS) is 17.1. The van der Waals surface area contributed by atoms with Gasteiger partial charge < -0.3 is 15.0 Å². The smallest absolute Gasteiger partial charge is 0.337 e. The molecule has 26 heavy (non-hydrogen) atoms. The van der Waals surface area contributed by atoms with Crippen LogP contribution in [0.5, 0.6) is 0 Å². The molecule has 0 aliphatic carbocycles. The van der Waals surface area contributed by atoms with Crippen LogP contribution in [0.3, 0.4) is 0 Å². The monoisotopic (exact) mass is 362 g/mol. The molecule has 2 aromatic carbocycles. The number of nitrogens with one attached hydrogen (secondary N) is 1. The average Bonchev–Trinajstić information content (AvgIpc) is 3.32. The van der Waals surface area contributed by atoms with Crippen molar-refractivity contribution < 1.29 is 9.53 Å². The first kappa shape index (κ1) is 15.5. The molecule has 0 saturated carbocycles. The summed E-state index contributed by atoms with van der Waals surface area (Å²) in [5.74, 6) is -0.314. The van der Waals surface area contributed by atoms with Gasteiger partial charge in [0.2, 0.25) is 0 Å². The maximum absolute atomic E-state index is 12.0. The van der Waals surface area contributed by atoms with Crippen molar-refractivity contribution in [1.82, 2.24) is 0 Å². The molecule has 0 radical (unpaired) electrons. The van der Waals surface area contributed by atoms with Crippen molar-refractivity contribution in [2.24, 2.45) is 0 Å². The average molecular weight is 362 g/mol. The van der Waals surface area contributed by atoms with Crippen LogP contribution in [0.1, 0.15) is 32.4 Å². The third-order valence-electron chi connectivity index (χ3n) is 5.17. The van der Waals surface area contributed by atoms with Crippen LogP contribution in [-0.4, -0.2) is 19.6 Å². The van der Waals surface area contributed by atoms with Gasteiger partial charge in [0.15, 0.2) is 0 Å². The fourth-order valence-corrected chi connectivity index (χ4v) is 4.80. The van der Waals surface area contributed by atoms with E-state index in [1.54, 1.807) is 11.3 Å². The summed E-state index contributed by atoms with van der Waals surface area (Å²) in [5.41, 5.74) is 6.63. The summed E-state index contributed by atoms with van der Waals surface area (Å²) < 4.78 is 4.90. The molecule has 4 nitrogen and oxygen atoms in total. The molecule has 0 amide bonds. The number of hydrogen-bond acceptors (Lipinski definition) is 5. The third-order valence-corrected chi connectivity index (χ3v) is 6.11. The van der Waals surface area contributed by atoms with Gasteiger partial charge in [-0.15, -0.1) is 11.3 Å². The Morgan fingerprint density at radius 1 is 1.23 bits per heavy atom. The Morgan fingerprint density at radius 3 is 2.96 bits per heavy atom. The zero-order chi connectivity index (χ0) is 17.7. The van der Waals surface area contributed by atoms with Crippen molar-refractivity contribution in [2.45, 2.75) is 12.5 Å². The largest absolute Gasteiger partial charge is 0.465 e. The zero-order valence-corrected chi connectivity index (χ0v) is 15.2. The van der Waals surface area contributed by atoms with Crippen LogP contribution in [0.4, 0.5) is 17.1 Å². The van der Waals surface area contributed by atoms with E-state index in [1.165, 1.54) is 28.8 Å². The second-order valence-corrected chi connectivity index (χ2v) is 7.55.